The molecule has 1 saturated carbocycles. The van der Waals surface area contributed by atoms with Crippen LogP contribution in [0.2, 0.25) is 0 Å². The van der Waals surface area contributed by atoms with E-state index in [0.717, 1.165) is 22.9 Å². The van der Waals surface area contributed by atoms with Crippen molar-refractivity contribution in [1.82, 2.24) is 0 Å². The fraction of sp³-hybridized carbons (Fsp3) is 0.571. The Bertz CT molecular complexity index is 418. The highest BCUT2D eigenvalue weighted by molar-refractivity contribution is 9.10. The van der Waals surface area contributed by atoms with Gasteiger partial charge in [0.2, 0.25) is 0 Å². The minimum absolute atomic E-state index is 0.0493. The van der Waals surface area contributed by atoms with Crippen LogP contribution in [-0.2, 0) is 11.2 Å². The minimum Gasteiger partial charge on any atom is -0.377 e. The average molecular weight is 316 g/mol. The van der Waals surface area contributed by atoms with Gasteiger partial charge in [-0.25, -0.2) is 4.39 Å². The number of hydrogen-bond donors (Lipinski definition) is 1. The van der Waals surface area contributed by atoms with Crippen molar-refractivity contribution in [2.24, 2.45) is 5.73 Å². The molecular weight excluding hydrogens is 297 g/mol. The van der Waals surface area contributed by atoms with Crippen molar-refractivity contribution >= 4 is 15.9 Å². The second kappa shape index (κ2) is 5.68. The van der Waals surface area contributed by atoms with E-state index in [1.165, 1.54) is 25.0 Å². The third kappa shape index (κ3) is 2.76. The van der Waals surface area contributed by atoms with Crippen molar-refractivity contribution in [2.75, 3.05) is 7.11 Å². The third-order valence-electron chi connectivity index (χ3n) is 3.99. The zero-order chi connectivity index (χ0) is 13.2. The molecular formula is C14H19BrFNO. The summed E-state index contributed by atoms with van der Waals surface area (Å²) in [6.07, 6.45) is 5.08. The van der Waals surface area contributed by atoms with E-state index in [-0.39, 0.29) is 17.5 Å². The molecule has 18 heavy (non-hydrogen) atoms. The molecule has 100 valence electrons. The van der Waals surface area contributed by atoms with Gasteiger partial charge in [0.1, 0.15) is 5.82 Å². The number of methoxy groups -OCH3 is 1. The first-order chi connectivity index (χ1) is 8.57. The zero-order valence-electron chi connectivity index (χ0n) is 10.6. The van der Waals surface area contributed by atoms with Crippen LogP contribution in [-0.4, -0.2) is 18.8 Å². The highest BCUT2D eigenvalue weighted by Crippen LogP contribution is 2.36. The maximum Gasteiger partial charge on any atom is 0.124 e. The molecule has 0 amide bonds. The Hall–Kier alpha value is -0.450. The second-order valence-electron chi connectivity index (χ2n) is 5.02. The normalized spacial score (nSPS) is 20.0. The Kier molecular flexibility index (Phi) is 4.41. The summed E-state index contributed by atoms with van der Waals surface area (Å²) in [6.45, 7) is 0. The summed E-state index contributed by atoms with van der Waals surface area (Å²) in [5.41, 5.74) is 7.16. The molecule has 1 aliphatic carbocycles. The molecule has 2 rings (SSSR count). The molecule has 0 spiro atoms. The third-order valence-corrected chi connectivity index (χ3v) is 4.73. The van der Waals surface area contributed by atoms with Gasteiger partial charge in [-0.2, -0.15) is 0 Å². The van der Waals surface area contributed by atoms with Crippen molar-refractivity contribution in [3.8, 4) is 0 Å². The quantitative estimate of drug-likeness (QED) is 0.924. The maximum atomic E-state index is 13.0. The van der Waals surface area contributed by atoms with Crippen LogP contribution in [0.1, 0.15) is 31.2 Å². The summed E-state index contributed by atoms with van der Waals surface area (Å²) in [6, 6.07) is 4.70. The molecule has 1 aliphatic rings. The van der Waals surface area contributed by atoms with Gasteiger partial charge in [0, 0.05) is 17.6 Å². The molecule has 1 aromatic carbocycles. The number of hydrogen-bond acceptors (Lipinski definition) is 2. The van der Waals surface area contributed by atoms with E-state index in [1.807, 2.05) is 0 Å². The first-order valence-corrected chi connectivity index (χ1v) is 7.11. The maximum absolute atomic E-state index is 13.0. The highest BCUT2D eigenvalue weighted by atomic mass is 79.9. The first kappa shape index (κ1) is 14.0. The Morgan fingerprint density at radius 2 is 2.11 bits per heavy atom. The van der Waals surface area contributed by atoms with E-state index in [4.69, 9.17) is 10.5 Å². The van der Waals surface area contributed by atoms with Crippen LogP contribution in [0.3, 0.4) is 0 Å². The van der Waals surface area contributed by atoms with E-state index < -0.39 is 0 Å². The smallest absolute Gasteiger partial charge is 0.124 e. The van der Waals surface area contributed by atoms with Gasteiger partial charge in [0.25, 0.3) is 0 Å². The number of rotatable bonds is 4. The lowest BCUT2D eigenvalue weighted by Crippen LogP contribution is -2.48. The van der Waals surface area contributed by atoms with Crippen molar-refractivity contribution in [3.05, 3.63) is 34.1 Å². The van der Waals surface area contributed by atoms with E-state index >= 15 is 0 Å². The zero-order valence-corrected chi connectivity index (χ0v) is 12.2. The summed E-state index contributed by atoms with van der Waals surface area (Å²) in [5, 5.41) is 0. The number of halogens is 2. The topological polar surface area (TPSA) is 35.2 Å². The van der Waals surface area contributed by atoms with Gasteiger partial charge < -0.3 is 10.5 Å². The highest BCUT2D eigenvalue weighted by Gasteiger charge is 2.39. The van der Waals surface area contributed by atoms with E-state index in [1.54, 1.807) is 13.2 Å². The van der Waals surface area contributed by atoms with Crippen LogP contribution in [0.25, 0.3) is 0 Å². The fourth-order valence-electron chi connectivity index (χ4n) is 2.81. The second-order valence-corrected chi connectivity index (χ2v) is 5.88. The molecule has 0 aliphatic heterocycles. The number of nitrogens with two attached hydrogens (primary N) is 1. The van der Waals surface area contributed by atoms with Gasteiger partial charge in [0.15, 0.2) is 0 Å². The van der Waals surface area contributed by atoms with Crippen molar-refractivity contribution < 1.29 is 9.13 Å². The van der Waals surface area contributed by atoms with Crippen LogP contribution < -0.4 is 5.73 Å². The fourth-order valence-corrected chi connectivity index (χ4v) is 3.32. The molecule has 0 radical (unpaired) electrons. The van der Waals surface area contributed by atoms with Gasteiger partial charge in [-0.1, -0.05) is 34.8 Å². The average Bonchev–Trinajstić information content (AvgIpc) is 2.82. The molecule has 0 aromatic heterocycles. The number of ether oxygens (including phenoxy) is 1. The van der Waals surface area contributed by atoms with Crippen LogP contribution in [0.4, 0.5) is 4.39 Å². The molecule has 0 heterocycles. The first-order valence-electron chi connectivity index (χ1n) is 6.32. The lowest BCUT2D eigenvalue weighted by Gasteiger charge is -2.34. The lowest BCUT2D eigenvalue weighted by molar-refractivity contribution is -0.0253. The van der Waals surface area contributed by atoms with Crippen LogP contribution in [0.5, 0.6) is 0 Å². The van der Waals surface area contributed by atoms with Crippen molar-refractivity contribution in [3.63, 3.8) is 0 Å². The SMILES string of the molecule is COC1(C(N)Cc2ccc(F)cc2Br)CCCC1. The molecule has 1 unspecified atom stereocenters. The van der Waals surface area contributed by atoms with E-state index in [9.17, 15) is 4.39 Å². The summed E-state index contributed by atoms with van der Waals surface area (Å²) in [4.78, 5) is 0. The number of benzene rings is 1. The van der Waals surface area contributed by atoms with Crippen LogP contribution in [0.15, 0.2) is 22.7 Å². The van der Waals surface area contributed by atoms with E-state index in [2.05, 4.69) is 15.9 Å². The standard InChI is InChI=1S/C14H19BrFNO/c1-18-14(6-2-3-7-14)13(17)8-10-4-5-11(16)9-12(10)15/h4-5,9,13H,2-3,6-8,17H2,1H3. The summed E-state index contributed by atoms with van der Waals surface area (Å²) >= 11 is 3.39. The summed E-state index contributed by atoms with van der Waals surface area (Å²) < 4.78 is 19.5. The molecule has 4 heteroatoms. The van der Waals surface area contributed by atoms with Crippen LogP contribution in [0, 0.1) is 5.82 Å². The molecule has 1 atom stereocenters. The Labute approximate surface area is 116 Å². The molecule has 1 fully saturated rings. The van der Waals surface area contributed by atoms with Gasteiger partial charge >= 0.3 is 0 Å². The molecule has 2 nitrogen and oxygen atoms in total. The Morgan fingerprint density at radius 1 is 1.44 bits per heavy atom. The predicted octanol–water partition coefficient (Wildman–Crippen LogP) is 3.42. The van der Waals surface area contributed by atoms with Crippen molar-refractivity contribution in [1.29, 1.82) is 0 Å². The van der Waals surface area contributed by atoms with Gasteiger partial charge in [-0.3, -0.25) is 0 Å². The molecule has 0 bridgehead atoms. The monoisotopic (exact) mass is 315 g/mol. The van der Waals surface area contributed by atoms with Crippen molar-refractivity contribution in [2.45, 2.75) is 43.7 Å². The summed E-state index contributed by atoms with van der Waals surface area (Å²) in [5.74, 6) is -0.235. The van der Waals surface area contributed by atoms with E-state index in [0.29, 0.717) is 6.42 Å². The molecule has 2 N–H and O–H groups in total. The summed E-state index contributed by atoms with van der Waals surface area (Å²) in [7, 11) is 1.74. The lowest BCUT2D eigenvalue weighted by atomic mass is 9.88. The van der Waals surface area contributed by atoms with Gasteiger partial charge in [0.05, 0.1) is 5.60 Å². The van der Waals surface area contributed by atoms with Crippen LogP contribution >= 0.6 is 15.9 Å². The Morgan fingerprint density at radius 3 is 2.67 bits per heavy atom. The van der Waals surface area contributed by atoms with Gasteiger partial charge in [-0.15, -0.1) is 0 Å². The minimum atomic E-state index is -0.235. The molecule has 1 aromatic rings. The van der Waals surface area contributed by atoms with Gasteiger partial charge in [-0.05, 0) is 37.0 Å². The largest absolute Gasteiger partial charge is 0.377 e. The predicted molar refractivity (Wildman–Crippen MR) is 74.0 cm³/mol. The Balaban J connectivity index is 2.12. The molecule has 0 saturated heterocycles.